The van der Waals surface area contributed by atoms with Crippen molar-refractivity contribution in [2.75, 3.05) is 12.3 Å². The van der Waals surface area contributed by atoms with Gasteiger partial charge in [-0.3, -0.25) is 0 Å². The fraction of sp³-hybridized carbons (Fsp3) is 0.800. The molecule has 1 rings (SSSR count). The number of hydrogen-bond donors (Lipinski definition) is 1. The van der Waals surface area contributed by atoms with Crippen molar-refractivity contribution in [3.8, 4) is 0 Å². The van der Waals surface area contributed by atoms with Gasteiger partial charge >= 0.3 is 0 Å². The zero-order valence-corrected chi connectivity index (χ0v) is 11.4. The van der Waals surface area contributed by atoms with Gasteiger partial charge in [-0.15, -0.1) is 0 Å². The lowest BCUT2D eigenvalue weighted by Gasteiger charge is -2.16. The van der Waals surface area contributed by atoms with Crippen molar-refractivity contribution >= 4 is 23.3 Å². The second kappa shape index (κ2) is 6.45. The number of thioether (sulfide) groups is 1. The Kier molecular flexibility index (Phi) is 5.56. The summed E-state index contributed by atoms with van der Waals surface area (Å²) < 4.78 is 5.22. The summed E-state index contributed by atoms with van der Waals surface area (Å²) in [5, 5.41) is 3.49. The normalized spacial score (nSPS) is 13.4. The Hall–Kier alpha value is -0.130. The molecule has 0 spiro atoms. The topological polar surface area (TPSA) is 37.8 Å². The van der Waals surface area contributed by atoms with Crippen LogP contribution in [0.2, 0.25) is 0 Å². The van der Waals surface area contributed by atoms with Crippen molar-refractivity contribution < 1.29 is 0 Å². The molecule has 1 aromatic rings. The Morgan fingerprint density at radius 3 is 2.67 bits per heavy atom. The lowest BCUT2D eigenvalue weighted by molar-refractivity contribution is 0.438. The lowest BCUT2D eigenvalue weighted by atomic mass is 10.1. The zero-order valence-electron chi connectivity index (χ0n) is 9.78. The summed E-state index contributed by atoms with van der Waals surface area (Å²) in [5.41, 5.74) is 0. The molecule has 1 unspecified atom stereocenters. The summed E-state index contributed by atoms with van der Waals surface area (Å²) in [7, 11) is 0. The first-order valence-corrected chi connectivity index (χ1v) is 7.02. The molecular formula is C10H19N3S2. The summed E-state index contributed by atoms with van der Waals surface area (Å²) in [6, 6.07) is 0.585. The molecule has 0 aliphatic heterocycles. The molecule has 0 amide bonds. The van der Waals surface area contributed by atoms with Gasteiger partial charge in [-0.2, -0.15) is 4.37 Å². The van der Waals surface area contributed by atoms with Crippen molar-refractivity contribution in [2.45, 2.75) is 38.1 Å². The van der Waals surface area contributed by atoms with Crippen molar-refractivity contribution in [2.24, 2.45) is 5.92 Å². The van der Waals surface area contributed by atoms with Crippen molar-refractivity contribution in [1.82, 2.24) is 14.7 Å². The average molecular weight is 245 g/mol. The molecule has 1 atom stereocenters. The molecule has 0 saturated carbocycles. The fourth-order valence-electron chi connectivity index (χ4n) is 0.997. The van der Waals surface area contributed by atoms with E-state index in [0.29, 0.717) is 12.0 Å². The molecule has 0 fully saturated rings. The number of rotatable bonds is 6. The molecule has 1 heterocycles. The second-order valence-corrected chi connectivity index (χ2v) is 6.04. The van der Waals surface area contributed by atoms with Gasteiger partial charge in [0.05, 0.1) is 0 Å². The SMILES string of the molecule is Cc1nsc(SCCNC(C)C(C)C)n1. The minimum atomic E-state index is 0.585. The number of hydrogen-bond acceptors (Lipinski definition) is 5. The Labute approximate surface area is 100 Å². The molecule has 0 aliphatic rings. The largest absolute Gasteiger partial charge is 0.313 e. The molecule has 0 aliphatic carbocycles. The maximum atomic E-state index is 4.31. The summed E-state index contributed by atoms with van der Waals surface area (Å²) in [6.45, 7) is 9.66. The Morgan fingerprint density at radius 2 is 2.13 bits per heavy atom. The molecule has 3 nitrogen and oxygen atoms in total. The Bertz CT molecular complexity index is 286. The van der Waals surface area contributed by atoms with E-state index < -0.39 is 0 Å². The van der Waals surface area contributed by atoms with Crippen molar-refractivity contribution in [1.29, 1.82) is 0 Å². The first kappa shape index (κ1) is 12.9. The minimum absolute atomic E-state index is 0.585. The summed E-state index contributed by atoms with van der Waals surface area (Å²) in [5.74, 6) is 2.64. The Balaban J connectivity index is 2.12. The third kappa shape index (κ3) is 4.95. The molecule has 0 saturated heterocycles. The Morgan fingerprint density at radius 1 is 1.40 bits per heavy atom. The third-order valence-electron chi connectivity index (χ3n) is 2.30. The highest BCUT2D eigenvalue weighted by Crippen LogP contribution is 2.18. The van der Waals surface area contributed by atoms with Gasteiger partial charge in [0.15, 0.2) is 4.34 Å². The standard InChI is InChI=1S/C10H19N3S2/c1-7(2)8(3)11-5-6-14-10-12-9(4)13-15-10/h7-8,11H,5-6H2,1-4H3. The van der Waals surface area contributed by atoms with Crippen LogP contribution < -0.4 is 5.32 Å². The first-order chi connectivity index (χ1) is 7.09. The quantitative estimate of drug-likeness (QED) is 0.617. The number of aromatic nitrogens is 2. The highest BCUT2D eigenvalue weighted by molar-refractivity contribution is 8.00. The van der Waals surface area contributed by atoms with Crippen LogP contribution in [0.4, 0.5) is 0 Å². The molecule has 15 heavy (non-hydrogen) atoms. The fourth-order valence-corrected chi connectivity index (χ4v) is 2.59. The van der Waals surface area contributed by atoms with E-state index in [-0.39, 0.29) is 0 Å². The molecule has 86 valence electrons. The van der Waals surface area contributed by atoms with Crippen LogP contribution in [0.15, 0.2) is 4.34 Å². The van der Waals surface area contributed by atoms with Gasteiger partial charge in [0.25, 0.3) is 0 Å². The monoisotopic (exact) mass is 245 g/mol. The van der Waals surface area contributed by atoms with E-state index in [1.54, 1.807) is 11.8 Å². The maximum Gasteiger partial charge on any atom is 0.170 e. The molecule has 5 heteroatoms. The summed E-state index contributed by atoms with van der Waals surface area (Å²) in [4.78, 5) is 4.31. The molecule has 0 aromatic carbocycles. The van der Waals surface area contributed by atoms with Crippen LogP contribution in [0, 0.1) is 12.8 Å². The lowest BCUT2D eigenvalue weighted by Crippen LogP contribution is -2.32. The molecule has 0 radical (unpaired) electrons. The van der Waals surface area contributed by atoms with E-state index in [1.807, 2.05) is 6.92 Å². The van der Waals surface area contributed by atoms with Crippen LogP contribution in [-0.4, -0.2) is 27.7 Å². The van der Waals surface area contributed by atoms with Gasteiger partial charge in [0.1, 0.15) is 5.82 Å². The number of nitrogens with zero attached hydrogens (tertiary/aromatic N) is 2. The van der Waals surface area contributed by atoms with Crippen molar-refractivity contribution in [3.05, 3.63) is 5.82 Å². The van der Waals surface area contributed by atoms with Crippen LogP contribution >= 0.6 is 23.3 Å². The van der Waals surface area contributed by atoms with Gasteiger partial charge in [-0.25, -0.2) is 4.98 Å². The van der Waals surface area contributed by atoms with Gasteiger partial charge < -0.3 is 5.32 Å². The van der Waals surface area contributed by atoms with E-state index in [0.717, 1.165) is 22.5 Å². The van der Waals surface area contributed by atoms with E-state index in [9.17, 15) is 0 Å². The summed E-state index contributed by atoms with van der Waals surface area (Å²) in [6.07, 6.45) is 0. The van der Waals surface area contributed by atoms with Crippen molar-refractivity contribution in [3.63, 3.8) is 0 Å². The average Bonchev–Trinajstić information content (AvgIpc) is 2.58. The first-order valence-electron chi connectivity index (χ1n) is 5.26. The molecule has 0 bridgehead atoms. The van der Waals surface area contributed by atoms with E-state index in [4.69, 9.17) is 0 Å². The minimum Gasteiger partial charge on any atom is -0.313 e. The van der Waals surface area contributed by atoms with Gasteiger partial charge in [0.2, 0.25) is 0 Å². The van der Waals surface area contributed by atoms with Crippen LogP contribution in [0.25, 0.3) is 0 Å². The number of aryl methyl sites for hydroxylation is 1. The number of nitrogens with one attached hydrogen (secondary N) is 1. The van der Waals surface area contributed by atoms with Crippen LogP contribution in [0.1, 0.15) is 26.6 Å². The third-order valence-corrected chi connectivity index (χ3v) is 4.23. The second-order valence-electron chi connectivity index (χ2n) is 3.94. The molecule has 1 N–H and O–H groups in total. The van der Waals surface area contributed by atoms with Crippen LogP contribution in [-0.2, 0) is 0 Å². The van der Waals surface area contributed by atoms with Gasteiger partial charge in [0, 0.05) is 18.3 Å². The van der Waals surface area contributed by atoms with E-state index in [2.05, 4.69) is 35.4 Å². The van der Waals surface area contributed by atoms with Crippen LogP contribution in [0.5, 0.6) is 0 Å². The molecular weight excluding hydrogens is 226 g/mol. The highest BCUT2D eigenvalue weighted by atomic mass is 32.2. The zero-order chi connectivity index (χ0) is 11.3. The van der Waals surface area contributed by atoms with E-state index in [1.165, 1.54) is 11.5 Å². The van der Waals surface area contributed by atoms with Gasteiger partial charge in [-0.05, 0) is 31.3 Å². The van der Waals surface area contributed by atoms with Gasteiger partial charge in [-0.1, -0.05) is 25.6 Å². The predicted molar refractivity (Wildman–Crippen MR) is 67.7 cm³/mol. The van der Waals surface area contributed by atoms with E-state index >= 15 is 0 Å². The van der Waals surface area contributed by atoms with Crippen LogP contribution in [0.3, 0.4) is 0 Å². The maximum absolute atomic E-state index is 4.31. The summed E-state index contributed by atoms with van der Waals surface area (Å²) >= 11 is 3.27. The smallest absolute Gasteiger partial charge is 0.170 e. The highest BCUT2D eigenvalue weighted by Gasteiger charge is 2.05. The molecule has 1 aromatic heterocycles. The predicted octanol–water partition coefficient (Wildman–Crippen LogP) is 2.57.